The first-order valence-corrected chi connectivity index (χ1v) is 7.46. The van der Waals surface area contributed by atoms with Gasteiger partial charge in [0.05, 0.1) is 5.69 Å². The zero-order valence-electron chi connectivity index (χ0n) is 12.6. The number of nitrogens with zero attached hydrogens (tertiary/aromatic N) is 4. The van der Waals surface area contributed by atoms with Gasteiger partial charge >= 0.3 is 0 Å². The molecule has 1 atom stereocenters. The highest BCUT2D eigenvalue weighted by molar-refractivity contribution is 5.95. The lowest BCUT2D eigenvalue weighted by Gasteiger charge is -2.24. The van der Waals surface area contributed by atoms with Crippen LogP contribution in [-0.4, -0.2) is 25.7 Å². The van der Waals surface area contributed by atoms with Crippen LogP contribution in [0, 0.1) is 6.92 Å². The summed E-state index contributed by atoms with van der Waals surface area (Å²) in [5.74, 6) is 1.09. The second-order valence-electron chi connectivity index (χ2n) is 5.52. The number of hydrogen-bond acceptors (Lipinski definition) is 4. The van der Waals surface area contributed by atoms with E-state index in [1.54, 1.807) is 23.1 Å². The van der Waals surface area contributed by atoms with Gasteiger partial charge in [-0.3, -0.25) is 4.79 Å². The van der Waals surface area contributed by atoms with E-state index in [4.69, 9.17) is 0 Å². The van der Waals surface area contributed by atoms with E-state index in [-0.39, 0.29) is 11.8 Å². The average Bonchev–Trinajstić information content (AvgIpc) is 2.92. The summed E-state index contributed by atoms with van der Waals surface area (Å²) >= 11 is 0. The van der Waals surface area contributed by atoms with Crippen molar-refractivity contribution in [3.8, 4) is 5.95 Å². The Bertz CT molecular complexity index is 857. The third-order valence-electron chi connectivity index (χ3n) is 4.05. The van der Waals surface area contributed by atoms with Crippen LogP contribution in [0.3, 0.4) is 0 Å². The van der Waals surface area contributed by atoms with Crippen LogP contribution in [0.4, 0.5) is 5.82 Å². The largest absolute Gasteiger partial charge is 0.310 e. The molecule has 1 aromatic carbocycles. The number of benzene rings is 1. The molecule has 3 heterocycles. The zero-order valence-corrected chi connectivity index (χ0v) is 12.6. The summed E-state index contributed by atoms with van der Waals surface area (Å²) in [4.78, 5) is 20.7. The maximum absolute atomic E-state index is 12.2. The van der Waals surface area contributed by atoms with Crippen molar-refractivity contribution in [3.05, 3.63) is 65.6 Å². The van der Waals surface area contributed by atoms with Crippen molar-refractivity contribution in [2.24, 2.45) is 0 Å². The fourth-order valence-corrected chi connectivity index (χ4v) is 3.06. The van der Waals surface area contributed by atoms with Crippen LogP contribution in [0.1, 0.15) is 29.2 Å². The summed E-state index contributed by atoms with van der Waals surface area (Å²) in [6.07, 6.45) is 3.73. The van der Waals surface area contributed by atoms with Crippen molar-refractivity contribution in [1.29, 1.82) is 0 Å². The number of fused-ring (bicyclic) bond motifs is 1. The Kier molecular flexibility index (Phi) is 3.15. The number of anilines is 1. The van der Waals surface area contributed by atoms with Gasteiger partial charge < -0.3 is 5.32 Å². The molecule has 3 aromatic rings. The number of carbonyl (C=O) groups excluding carboxylic acids is 1. The number of carbonyl (C=O) groups is 1. The lowest BCUT2D eigenvalue weighted by atomic mass is 9.86. The Hall–Kier alpha value is -3.02. The first kappa shape index (κ1) is 13.6. The number of nitrogens with one attached hydrogen (secondary N) is 1. The van der Waals surface area contributed by atoms with Crippen LogP contribution in [-0.2, 0) is 4.79 Å². The van der Waals surface area contributed by atoms with E-state index in [0.29, 0.717) is 18.2 Å². The number of rotatable bonds is 2. The summed E-state index contributed by atoms with van der Waals surface area (Å²) < 4.78 is 1.61. The molecule has 2 aromatic heterocycles. The van der Waals surface area contributed by atoms with E-state index >= 15 is 0 Å². The predicted molar refractivity (Wildman–Crippen MR) is 85.4 cm³/mol. The second kappa shape index (κ2) is 5.31. The summed E-state index contributed by atoms with van der Waals surface area (Å²) in [7, 11) is 0. The Labute approximate surface area is 133 Å². The Balaban J connectivity index is 1.89. The molecule has 0 bridgehead atoms. The molecule has 0 fully saturated rings. The number of aryl methyl sites for hydroxylation is 1. The van der Waals surface area contributed by atoms with Gasteiger partial charge in [0.1, 0.15) is 5.82 Å². The van der Waals surface area contributed by atoms with E-state index in [9.17, 15) is 4.79 Å². The van der Waals surface area contributed by atoms with Gasteiger partial charge in [-0.25, -0.2) is 9.97 Å². The lowest BCUT2D eigenvalue weighted by molar-refractivity contribution is -0.116. The lowest BCUT2D eigenvalue weighted by Crippen LogP contribution is -2.25. The molecule has 0 saturated carbocycles. The van der Waals surface area contributed by atoms with Gasteiger partial charge in [-0.1, -0.05) is 30.3 Å². The molecule has 1 amide bonds. The maximum atomic E-state index is 12.2. The van der Waals surface area contributed by atoms with Crippen molar-refractivity contribution < 1.29 is 4.79 Å². The summed E-state index contributed by atoms with van der Waals surface area (Å²) in [5, 5.41) is 7.48. The Morgan fingerprint density at radius 2 is 1.87 bits per heavy atom. The summed E-state index contributed by atoms with van der Waals surface area (Å²) in [6, 6.07) is 11.8. The van der Waals surface area contributed by atoms with Crippen LogP contribution in [0.5, 0.6) is 0 Å². The molecule has 23 heavy (non-hydrogen) atoms. The fraction of sp³-hybridized carbons (Fsp3) is 0.176. The number of aromatic nitrogens is 4. The fourth-order valence-electron chi connectivity index (χ4n) is 3.06. The number of amides is 1. The highest BCUT2D eigenvalue weighted by Gasteiger charge is 2.32. The van der Waals surface area contributed by atoms with Crippen molar-refractivity contribution in [2.45, 2.75) is 19.3 Å². The quantitative estimate of drug-likeness (QED) is 0.789. The Morgan fingerprint density at radius 1 is 1.13 bits per heavy atom. The van der Waals surface area contributed by atoms with Crippen molar-refractivity contribution in [1.82, 2.24) is 19.7 Å². The average molecular weight is 305 g/mol. The van der Waals surface area contributed by atoms with Gasteiger partial charge in [0.25, 0.3) is 5.95 Å². The van der Waals surface area contributed by atoms with E-state index in [1.807, 2.05) is 37.3 Å². The minimum Gasteiger partial charge on any atom is -0.310 e. The van der Waals surface area contributed by atoms with E-state index < -0.39 is 0 Å². The third-order valence-corrected chi connectivity index (χ3v) is 4.05. The van der Waals surface area contributed by atoms with Crippen LogP contribution in [0.2, 0.25) is 0 Å². The number of hydrogen-bond donors (Lipinski definition) is 1. The molecule has 0 aliphatic carbocycles. The molecule has 1 aliphatic rings. The normalized spacial score (nSPS) is 16.7. The minimum atomic E-state index is -0.0246. The summed E-state index contributed by atoms with van der Waals surface area (Å²) in [5.41, 5.74) is 3.02. The van der Waals surface area contributed by atoms with E-state index in [1.165, 1.54) is 0 Å². The minimum absolute atomic E-state index is 0.00240. The monoisotopic (exact) mass is 305 g/mol. The van der Waals surface area contributed by atoms with Crippen molar-refractivity contribution in [3.63, 3.8) is 0 Å². The molecule has 0 spiro atoms. The zero-order chi connectivity index (χ0) is 15.8. The van der Waals surface area contributed by atoms with Crippen LogP contribution in [0.15, 0.2) is 48.8 Å². The van der Waals surface area contributed by atoms with Gasteiger partial charge in [-0.2, -0.15) is 9.78 Å². The first-order chi connectivity index (χ1) is 11.2. The smallest absolute Gasteiger partial charge is 0.252 e. The van der Waals surface area contributed by atoms with Crippen molar-refractivity contribution in [2.75, 3.05) is 5.32 Å². The molecule has 4 rings (SSSR count). The molecular weight excluding hydrogens is 290 g/mol. The first-order valence-electron chi connectivity index (χ1n) is 7.46. The molecular formula is C17H15N5O. The van der Waals surface area contributed by atoms with Crippen LogP contribution in [0.25, 0.3) is 5.95 Å². The van der Waals surface area contributed by atoms with Gasteiger partial charge in [-0.05, 0) is 18.6 Å². The SMILES string of the molecule is Cc1nn(-c2ncccn2)c2c1[C@H](c1ccccc1)CC(=O)N2. The van der Waals surface area contributed by atoms with Gasteiger partial charge in [0, 0.05) is 30.3 Å². The molecule has 6 heteroatoms. The molecule has 0 saturated heterocycles. The van der Waals surface area contributed by atoms with Crippen LogP contribution >= 0.6 is 0 Å². The van der Waals surface area contributed by atoms with Gasteiger partial charge in [-0.15, -0.1) is 0 Å². The van der Waals surface area contributed by atoms with Gasteiger partial charge in [0.2, 0.25) is 5.91 Å². The second-order valence-corrected chi connectivity index (χ2v) is 5.52. The highest BCUT2D eigenvalue weighted by atomic mass is 16.1. The highest BCUT2D eigenvalue weighted by Crippen LogP contribution is 2.39. The molecule has 0 radical (unpaired) electrons. The third kappa shape index (κ3) is 2.28. The predicted octanol–water partition coefficient (Wildman–Crippen LogP) is 2.44. The summed E-state index contributed by atoms with van der Waals surface area (Å²) in [6.45, 7) is 1.95. The van der Waals surface area contributed by atoms with Crippen molar-refractivity contribution >= 4 is 11.7 Å². The molecule has 1 N–H and O–H groups in total. The molecule has 6 nitrogen and oxygen atoms in total. The standard InChI is InChI=1S/C17H15N5O/c1-11-15-13(12-6-3-2-4-7-12)10-14(23)20-16(15)22(21-11)17-18-8-5-9-19-17/h2-9,13H,10H2,1H3,(H,20,23)/t13-/m0/s1. The molecule has 114 valence electrons. The van der Waals surface area contributed by atoms with E-state index in [2.05, 4.69) is 20.4 Å². The maximum Gasteiger partial charge on any atom is 0.252 e. The molecule has 0 unspecified atom stereocenters. The topological polar surface area (TPSA) is 72.7 Å². The van der Waals surface area contributed by atoms with E-state index in [0.717, 1.165) is 16.8 Å². The molecule has 1 aliphatic heterocycles. The van der Waals surface area contributed by atoms with Gasteiger partial charge in [0.15, 0.2) is 0 Å². The Morgan fingerprint density at radius 3 is 2.61 bits per heavy atom. The van der Waals surface area contributed by atoms with Crippen LogP contribution < -0.4 is 5.32 Å².